The minimum atomic E-state index is -0.556. The predicted molar refractivity (Wildman–Crippen MR) is 136 cm³/mol. The number of carbonyl (C=O) groups excluding carboxylic acids is 3. The first kappa shape index (κ1) is 24.6. The number of carbonyl (C=O) groups is 3. The fraction of sp³-hybridized carbons (Fsp3) is 0.111. The summed E-state index contributed by atoms with van der Waals surface area (Å²) in [6.07, 6.45) is 1.57. The second-order valence-electron chi connectivity index (χ2n) is 7.64. The number of anilines is 1. The van der Waals surface area contributed by atoms with Gasteiger partial charge in [0.05, 0.1) is 23.6 Å². The summed E-state index contributed by atoms with van der Waals surface area (Å²) >= 11 is 0.762. The van der Waals surface area contributed by atoms with Crippen molar-refractivity contribution in [3.05, 3.63) is 94.4 Å². The van der Waals surface area contributed by atoms with Gasteiger partial charge < -0.3 is 14.8 Å². The second kappa shape index (κ2) is 11.3. The Bertz CT molecular complexity index is 1380. The van der Waals surface area contributed by atoms with Gasteiger partial charge in [-0.05, 0) is 54.2 Å². The van der Waals surface area contributed by atoms with Crippen LogP contribution in [-0.2, 0) is 16.2 Å². The number of imide groups is 1. The average Bonchev–Trinajstić information content (AvgIpc) is 3.16. The van der Waals surface area contributed by atoms with Crippen molar-refractivity contribution in [1.29, 1.82) is 5.26 Å². The van der Waals surface area contributed by atoms with Crippen LogP contribution in [0, 0.1) is 11.3 Å². The van der Waals surface area contributed by atoms with Crippen LogP contribution in [0.5, 0.6) is 11.5 Å². The van der Waals surface area contributed by atoms with Crippen molar-refractivity contribution >= 4 is 40.6 Å². The zero-order valence-corrected chi connectivity index (χ0v) is 20.1. The number of nitriles is 1. The third-order valence-electron chi connectivity index (χ3n) is 5.28. The number of hydrogen-bond donors (Lipinski definition) is 1. The van der Waals surface area contributed by atoms with Crippen LogP contribution in [0.15, 0.2) is 77.7 Å². The van der Waals surface area contributed by atoms with Crippen LogP contribution in [0.2, 0.25) is 0 Å². The Balaban J connectivity index is 1.44. The van der Waals surface area contributed by atoms with Gasteiger partial charge in [-0.15, -0.1) is 0 Å². The summed E-state index contributed by atoms with van der Waals surface area (Å²) in [7, 11) is 1.54. The summed E-state index contributed by atoms with van der Waals surface area (Å²) in [6.45, 7) is -0.237. The van der Waals surface area contributed by atoms with E-state index in [2.05, 4.69) is 11.4 Å². The van der Waals surface area contributed by atoms with Gasteiger partial charge >= 0.3 is 0 Å². The van der Waals surface area contributed by atoms with Crippen LogP contribution in [0.3, 0.4) is 0 Å². The van der Waals surface area contributed by atoms with Crippen molar-refractivity contribution in [1.82, 2.24) is 4.90 Å². The van der Waals surface area contributed by atoms with E-state index in [-0.39, 0.29) is 11.5 Å². The normalized spacial score (nSPS) is 14.0. The van der Waals surface area contributed by atoms with E-state index in [0.717, 1.165) is 22.2 Å². The van der Waals surface area contributed by atoms with Crippen molar-refractivity contribution in [3.63, 3.8) is 0 Å². The van der Waals surface area contributed by atoms with Gasteiger partial charge in [-0.25, -0.2) is 0 Å². The van der Waals surface area contributed by atoms with Gasteiger partial charge in [0.1, 0.15) is 24.7 Å². The molecule has 0 radical (unpaired) electrons. The Morgan fingerprint density at radius 3 is 2.53 bits per heavy atom. The quantitative estimate of drug-likeness (QED) is 0.443. The maximum Gasteiger partial charge on any atom is 0.294 e. The highest BCUT2D eigenvalue weighted by molar-refractivity contribution is 8.18. The van der Waals surface area contributed by atoms with Crippen LogP contribution >= 0.6 is 11.8 Å². The molecule has 9 heteroatoms. The number of nitrogens with zero attached hydrogens (tertiary/aromatic N) is 2. The van der Waals surface area contributed by atoms with Crippen molar-refractivity contribution in [3.8, 4) is 17.6 Å². The fourth-order valence-corrected chi connectivity index (χ4v) is 4.27. The molecule has 1 saturated heterocycles. The van der Waals surface area contributed by atoms with Crippen LogP contribution in [0.4, 0.5) is 10.5 Å². The maximum absolute atomic E-state index is 12.9. The number of nitrogens with one attached hydrogen (secondary N) is 1. The molecule has 1 aliphatic heterocycles. The van der Waals surface area contributed by atoms with Crippen molar-refractivity contribution < 1.29 is 23.9 Å². The molecular weight excluding hydrogens is 478 g/mol. The Labute approximate surface area is 212 Å². The molecule has 1 N–H and O–H groups in total. The number of rotatable bonds is 8. The molecule has 0 saturated carbocycles. The molecule has 0 aromatic heterocycles. The van der Waals surface area contributed by atoms with E-state index in [9.17, 15) is 19.6 Å². The summed E-state index contributed by atoms with van der Waals surface area (Å²) < 4.78 is 11.0. The first-order chi connectivity index (χ1) is 17.5. The second-order valence-corrected chi connectivity index (χ2v) is 8.63. The van der Waals surface area contributed by atoms with Gasteiger partial charge in [0.2, 0.25) is 5.91 Å². The number of para-hydroxylation sites is 1. The van der Waals surface area contributed by atoms with Crippen LogP contribution in [0.25, 0.3) is 6.08 Å². The van der Waals surface area contributed by atoms with Gasteiger partial charge in [-0.1, -0.05) is 36.4 Å². The summed E-state index contributed by atoms with van der Waals surface area (Å²) in [6, 6.07) is 23.1. The summed E-state index contributed by atoms with van der Waals surface area (Å²) in [5.41, 5.74) is 2.37. The third-order valence-corrected chi connectivity index (χ3v) is 6.18. The lowest BCUT2D eigenvalue weighted by Crippen LogP contribution is -2.36. The van der Waals surface area contributed by atoms with E-state index in [4.69, 9.17) is 9.47 Å². The smallest absolute Gasteiger partial charge is 0.294 e. The van der Waals surface area contributed by atoms with E-state index < -0.39 is 23.6 Å². The SMILES string of the molecule is COc1ccc(NC(=O)CN2C(=O)S/C(=C/c3ccccc3OCc3ccccc3C#N)C2=O)cc1. The number of benzene rings is 3. The van der Waals surface area contributed by atoms with Gasteiger partial charge in [0.25, 0.3) is 11.1 Å². The molecular formula is C27H21N3O5S. The lowest BCUT2D eigenvalue weighted by molar-refractivity contribution is -0.127. The molecule has 0 spiro atoms. The van der Waals surface area contributed by atoms with E-state index >= 15 is 0 Å². The molecule has 0 bridgehead atoms. The number of hydrogen-bond acceptors (Lipinski definition) is 7. The number of methoxy groups -OCH3 is 1. The third kappa shape index (κ3) is 5.74. The minimum absolute atomic E-state index is 0.168. The van der Waals surface area contributed by atoms with Gasteiger partial charge in [0.15, 0.2) is 0 Å². The highest BCUT2D eigenvalue weighted by Gasteiger charge is 2.36. The molecule has 3 aromatic rings. The molecule has 180 valence electrons. The van der Waals surface area contributed by atoms with Crippen LogP contribution < -0.4 is 14.8 Å². The molecule has 36 heavy (non-hydrogen) atoms. The van der Waals surface area contributed by atoms with Crippen LogP contribution in [0.1, 0.15) is 16.7 Å². The molecule has 1 heterocycles. The van der Waals surface area contributed by atoms with Gasteiger partial charge in [0, 0.05) is 16.8 Å². The molecule has 3 aromatic carbocycles. The van der Waals surface area contributed by atoms with Gasteiger partial charge in [-0.3, -0.25) is 19.3 Å². The molecule has 1 fully saturated rings. The monoisotopic (exact) mass is 499 g/mol. The Morgan fingerprint density at radius 2 is 1.78 bits per heavy atom. The summed E-state index contributed by atoms with van der Waals surface area (Å²) in [4.78, 5) is 38.9. The molecule has 4 rings (SSSR count). The Hall–Kier alpha value is -4.55. The maximum atomic E-state index is 12.9. The highest BCUT2D eigenvalue weighted by atomic mass is 32.2. The number of amides is 3. The summed E-state index contributed by atoms with van der Waals surface area (Å²) in [5, 5.41) is 11.4. The van der Waals surface area contributed by atoms with E-state index in [1.807, 2.05) is 12.1 Å². The van der Waals surface area contributed by atoms with E-state index in [0.29, 0.717) is 28.3 Å². The Kier molecular flexibility index (Phi) is 7.68. The lowest BCUT2D eigenvalue weighted by Gasteiger charge is -2.13. The average molecular weight is 500 g/mol. The summed E-state index contributed by atoms with van der Waals surface area (Å²) in [5.74, 6) is 0.0834. The van der Waals surface area contributed by atoms with Crippen molar-refractivity contribution in [2.45, 2.75) is 6.61 Å². The largest absolute Gasteiger partial charge is 0.497 e. The molecule has 0 aliphatic carbocycles. The number of ether oxygens (including phenoxy) is 2. The van der Waals surface area contributed by atoms with Crippen molar-refractivity contribution in [2.75, 3.05) is 19.0 Å². The minimum Gasteiger partial charge on any atom is -0.497 e. The fourth-order valence-electron chi connectivity index (χ4n) is 3.44. The molecule has 0 atom stereocenters. The first-order valence-corrected chi connectivity index (χ1v) is 11.7. The van der Waals surface area contributed by atoms with Crippen LogP contribution in [-0.4, -0.2) is 35.6 Å². The van der Waals surface area contributed by atoms with Gasteiger partial charge in [-0.2, -0.15) is 5.26 Å². The van der Waals surface area contributed by atoms with E-state index in [1.165, 1.54) is 0 Å². The number of thioether (sulfide) groups is 1. The molecule has 3 amide bonds. The zero-order chi connectivity index (χ0) is 25.5. The van der Waals surface area contributed by atoms with Crippen molar-refractivity contribution in [2.24, 2.45) is 0 Å². The predicted octanol–water partition coefficient (Wildman–Crippen LogP) is 4.82. The standard InChI is InChI=1S/C27H21N3O5S/c1-34-22-12-10-21(11-13-22)29-25(31)16-30-26(32)24(36-27(30)33)14-18-6-4-5-9-23(18)35-17-20-8-3-2-7-19(20)15-28/h2-14H,16-17H2,1H3,(H,29,31)/b24-14+. The first-order valence-electron chi connectivity index (χ1n) is 10.9. The molecule has 8 nitrogen and oxygen atoms in total. The lowest BCUT2D eigenvalue weighted by atomic mass is 10.1. The zero-order valence-electron chi connectivity index (χ0n) is 19.3. The Morgan fingerprint density at radius 1 is 1.06 bits per heavy atom. The topological polar surface area (TPSA) is 109 Å². The molecule has 1 aliphatic rings. The molecule has 0 unspecified atom stereocenters. The highest BCUT2D eigenvalue weighted by Crippen LogP contribution is 2.34. The van der Waals surface area contributed by atoms with E-state index in [1.54, 1.807) is 73.8 Å².